The van der Waals surface area contributed by atoms with Crippen LogP contribution in [0, 0.1) is 10.1 Å². The van der Waals surface area contributed by atoms with Crippen LogP contribution in [0.4, 0.5) is 11.4 Å². The van der Waals surface area contributed by atoms with Gasteiger partial charge in [0.1, 0.15) is 5.56 Å². The second kappa shape index (κ2) is 10.5. The molecule has 0 bridgehead atoms. The molecule has 1 aliphatic heterocycles. The molecule has 1 aliphatic rings. The number of amides is 1. The molecule has 4 rings (SSSR count). The number of nitrogens with one attached hydrogen (secondary N) is 1. The lowest BCUT2D eigenvalue weighted by Crippen LogP contribution is -2.46. The van der Waals surface area contributed by atoms with Crippen LogP contribution in [0.15, 0.2) is 72.8 Å². The number of hydrogen-bond donors (Lipinski definition) is 1. The molecule has 33 heavy (non-hydrogen) atoms. The zero-order valence-electron chi connectivity index (χ0n) is 18.1. The van der Waals surface area contributed by atoms with Gasteiger partial charge < -0.3 is 10.2 Å². The van der Waals surface area contributed by atoms with E-state index in [4.69, 9.17) is 11.6 Å². The van der Waals surface area contributed by atoms with Crippen molar-refractivity contribution >= 4 is 28.9 Å². The SMILES string of the molecule is O=C(NCc1ccccc1CN1CCN(c2ccccc2)CC1)c1ccc(Cl)cc1[N+](=O)[O-]. The van der Waals surface area contributed by atoms with Gasteiger partial charge in [-0.15, -0.1) is 0 Å². The third-order valence-electron chi connectivity index (χ3n) is 5.85. The van der Waals surface area contributed by atoms with Gasteiger partial charge >= 0.3 is 0 Å². The first-order valence-electron chi connectivity index (χ1n) is 10.8. The maximum Gasteiger partial charge on any atom is 0.283 e. The summed E-state index contributed by atoms with van der Waals surface area (Å²) in [5.74, 6) is -0.496. The number of nitro groups is 1. The van der Waals surface area contributed by atoms with Crippen LogP contribution < -0.4 is 10.2 Å². The fraction of sp³-hybridized carbons (Fsp3) is 0.240. The first kappa shape index (κ1) is 22.8. The van der Waals surface area contributed by atoms with Crippen LogP contribution in [0.25, 0.3) is 0 Å². The van der Waals surface area contributed by atoms with Crippen molar-refractivity contribution in [3.63, 3.8) is 0 Å². The molecule has 1 heterocycles. The molecular formula is C25H25ClN4O3. The van der Waals surface area contributed by atoms with E-state index >= 15 is 0 Å². The lowest BCUT2D eigenvalue weighted by atomic mass is 10.1. The van der Waals surface area contributed by atoms with Gasteiger partial charge in [0.25, 0.3) is 11.6 Å². The molecule has 3 aromatic rings. The van der Waals surface area contributed by atoms with Gasteiger partial charge in [0.05, 0.1) is 4.92 Å². The first-order chi connectivity index (χ1) is 16.0. The summed E-state index contributed by atoms with van der Waals surface area (Å²) in [6.45, 7) is 4.90. The second-order valence-corrected chi connectivity index (χ2v) is 8.41. The highest BCUT2D eigenvalue weighted by molar-refractivity contribution is 6.31. The quantitative estimate of drug-likeness (QED) is 0.411. The molecule has 0 unspecified atom stereocenters. The van der Waals surface area contributed by atoms with E-state index in [9.17, 15) is 14.9 Å². The normalized spacial score (nSPS) is 14.2. The Balaban J connectivity index is 1.38. The molecule has 1 amide bonds. The average Bonchev–Trinajstić information content (AvgIpc) is 2.84. The molecule has 0 aliphatic carbocycles. The molecule has 0 saturated carbocycles. The van der Waals surface area contributed by atoms with E-state index in [0.717, 1.165) is 43.9 Å². The highest BCUT2D eigenvalue weighted by atomic mass is 35.5. The summed E-state index contributed by atoms with van der Waals surface area (Å²) in [4.78, 5) is 28.2. The number of anilines is 1. The van der Waals surface area contributed by atoms with Crippen molar-refractivity contribution < 1.29 is 9.72 Å². The van der Waals surface area contributed by atoms with Crippen LogP contribution in [-0.2, 0) is 13.1 Å². The Kier molecular flexibility index (Phi) is 7.22. The number of benzene rings is 3. The number of carbonyl (C=O) groups is 1. The van der Waals surface area contributed by atoms with Crippen molar-refractivity contribution in [1.82, 2.24) is 10.2 Å². The Hall–Kier alpha value is -3.42. The van der Waals surface area contributed by atoms with Gasteiger partial charge in [-0.2, -0.15) is 0 Å². The van der Waals surface area contributed by atoms with Crippen molar-refractivity contribution in [2.45, 2.75) is 13.1 Å². The second-order valence-electron chi connectivity index (χ2n) is 7.97. The first-order valence-corrected chi connectivity index (χ1v) is 11.2. The number of halogens is 1. The van der Waals surface area contributed by atoms with E-state index < -0.39 is 10.8 Å². The minimum absolute atomic E-state index is 0.00100. The molecule has 1 saturated heterocycles. The number of carbonyl (C=O) groups excluding carboxylic acids is 1. The molecular weight excluding hydrogens is 440 g/mol. The zero-order valence-corrected chi connectivity index (χ0v) is 18.9. The summed E-state index contributed by atoms with van der Waals surface area (Å²) in [6, 6.07) is 22.4. The lowest BCUT2D eigenvalue weighted by molar-refractivity contribution is -0.385. The molecule has 0 spiro atoms. The Morgan fingerprint density at radius 2 is 1.61 bits per heavy atom. The van der Waals surface area contributed by atoms with E-state index in [1.807, 2.05) is 24.3 Å². The topological polar surface area (TPSA) is 78.7 Å². The predicted octanol–water partition coefficient (Wildman–Crippen LogP) is 4.50. The monoisotopic (exact) mass is 464 g/mol. The molecule has 8 heteroatoms. The number of nitro benzene ring substituents is 1. The highest BCUT2D eigenvalue weighted by Gasteiger charge is 2.21. The fourth-order valence-corrected chi connectivity index (χ4v) is 4.21. The van der Waals surface area contributed by atoms with E-state index in [2.05, 4.69) is 45.4 Å². The molecule has 0 radical (unpaired) electrons. The van der Waals surface area contributed by atoms with Gasteiger partial charge in [0, 0.05) is 56.0 Å². The van der Waals surface area contributed by atoms with Gasteiger partial charge in [0.2, 0.25) is 0 Å². The minimum Gasteiger partial charge on any atom is -0.369 e. The van der Waals surface area contributed by atoms with Crippen LogP contribution in [0.3, 0.4) is 0 Å². The van der Waals surface area contributed by atoms with Crippen LogP contribution in [0.5, 0.6) is 0 Å². The largest absolute Gasteiger partial charge is 0.369 e. The molecule has 3 aromatic carbocycles. The van der Waals surface area contributed by atoms with Gasteiger partial charge in [0.15, 0.2) is 0 Å². The molecule has 0 atom stereocenters. The number of hydrogen-bond acceptors (Lipinski definition) is 5. The van der Waals surface area contributed by atoms with E-state index in [-0.39, 0.29) is 16.3 Å². The molecule has 7 nitrogen and oxygen atoms in total. The summed E-state index contributed by atoms with van der Waals surface area (Å²) in [5.41, 5.74) is 3.07. The Labute approximate surface area is 197 Å². The smallest absolute Gasteiger partial charge is 0.283 e. The maximum atomic E-state index is 12.7. The van der Waals surface area contributed by atoms with Crippen molar-refractivity contribution in [2.75, 3.05) is 31.1 Å². The lowest BCUT2D eigenvalue weighted by Gasteiger charge is -2.36. The third kappa shape index (κ3) is 5.69. The zero-order chi connectivity index (χ0) is 23.2. The minimum atomic E-state index is -0.593. The fourth-order valence-electron chi connectivity index (χ4n) is 4.05. The van der Waals surface area contributed by atoms with Crippen LogP contribution in [-0.4, -0.2) is 41.9 Å². The number of nitrogens with zero attached hydrogens (tertiary/aromatic N) is 3. The van der Waals surface area contributed by atoms with Gasteiger partial charge in [-0.1, -0.05) is 54.1 Å². The van der Waals surface area contributed by atoms with Crippen molar-refractivity contribution in [2.24, 2.45) is 0 Å². The number of rotatable bonds is 7. The third-order valence-corrected chi connectivity index (χ3v) is 6.08. The summed E-state index contributed by atoms with van der Waals surface area (Å²) in [6.07, 6.45) is 0. The summed E-state index contributed by atoms with van der Waals surface area (Å²) in [5, 5.41) is 14.3. The summed E-state index contributed by atoms with van der Waals surface area (Å²) >= 11 is 5.85. The number of para-hydroxylation sites is 1. The summed E-state index contributed by atoms with van der Waals surface area (Å²) in [7, 11) is 0. The molecule has 1 fully saturated rings. The standard InChI is InChI=1S/C25H25ClN4O3/c26-21-10-11-23(24(16-21)30(32)33)25(31)27-17-19-6-4-5-7-20(19)18-28-12-14-29(15-13-28)22-8-2-1-3-9-22/h1-11,16H,12-15,17-18H2,(H,27,31). The molecule has 1 N–H and O–H groups in total. The van der Waals surface area contributed by atoms with Crippen molar-refractivity contribution in [1.29, 1.82) is 0 Å². The van der Waals surface area contributed by atoms with Crippen molar-refractivity contribution in [3.8, 4) is 0 Å². The van der Waals surface area contributed by atoms with Gasteiger partial charge in [-0.3, -0.25) is 19.8 Å². The Morgan fingerprint density at radius 3 is 2.30 bits per heavy atom. The average molecular weight is 465 g/mol. The van der Waals surface area contributed by atoms with Crippen molar-refractivity contribution in [3.05, 3.63) is 105 Å². The Bertz CT molecular complexity index is 1130. The van der Waals surface area contributed by atoms with Crippen LogP contribution in [0.2, 0.25) is 5.02 Å². The van der Waals surface area contributed by atoms with Gasteiger partial charge in [-0.25, -0.2) is 0 Å². The van der Waals surface area contributed by atoms with Crippen LogP contribution in [0.1, 0.15) is 21.5 Å². The molecule has 0 aromatic heterocycles. The Morgan fingerprint density at radius 1 is 0.939 bits per heavy atom. The molecule has 170 valence electrons. The summed E-state index contributed by atoms with van der Waals surface area (Å²) < 4.78 is 0. The van der Waals surface area contributed by atoms with E-state index in [0.29, 0.717) is 6.54 Å². The van der Waals surface area contributed by atoms with E-state index in [1.54, 1.807) is 0 Å². The number of piperazine rings is 1. The highest BCUT2D eigenvalue weighted by Crippen LogP contribution is 2.23. The van der Waals surface area contributed by atoms with Crippen LogP contribution >= 0.6 is 11.6 Å². The maximum absolute atomic E-state index is 12.7. The van der Waals surface area contributed by atoms with E-state index in [1.165, 1.54) is 23.9 Å². The predicted molar refractivity (Wildman–Crippen MR) is 130 cm³/mol. The van der Waals surface area contributed by atoms with Gasteiger partial charge in [-0.05, 0) is 35.4 Å².